The molecule has 2 saturated carbocycles. The highest BCUT2D eigenvalue weighted by atomic mass is 16.3. The molecule has 0 spiro atoms. The van der Waals surface area contributed by atoms with Crippen LogP contribution in [0.2, 0.25) is 0 Å². The Balaban J connectivity index is 2.12. The number of hydrogen-bond acceptors (Lipinski definition) is 3. The third-order valence-electron chi connectivity index (χ3n) is 5.99. The fourth-order valence-electron chi connectivity index (χ4n) is 4.63. The molecule has 0 aliphatic heterocycles. The minimum Gasteiger partial charge on any atom is -0.396 e. The van der Waals surface area contributed by atoms with E-state index in [1.165, 1.54) is 0 Å². The van der Waals surface area contributed by atoms with Crippen LogP contribution in [0.15, 0.2) is 11.1 Å². The van der Waals surface area contributed by atoms with Crippen molar-refractivity contribution in [1.29, 1.82) is 0 Å². The number of rotatable bonds is 1. The minimum absolute atomic E-state index is 0.0452. The number of carbonyl (C=O) groups is 1. The second kappa shape index (κ2) is 3.26. The normalized spacial score (nSPS) is 50.9. The standard InChI is InChI=1S/C15H22O3/c1-9-10-4-5-14(10,3)15(18)7-13(2,8-16)6-11(15)12(9)17/h11,16,18H,4-8H2,1-3H3. The first-order chi connectivity index (χ1) is 8.27. The van der Waals surface area contributed by atoms with Crippen LogP contribution in [0.1, 0.15) is 46.5 Å². The quantitative estimate of drug-likeness (QED) is 0.746. The van der Waals surface area contributed by atoms with E-state index < -0.39 is 5.60 Å². The molecule has 3 aliphatic carbocycles. The first kappa shape index (κ1) is 12.4. The Bertz CT molecular complexity index is 466. The molecule has 100 valence electrons. The van der Waals surface area contributed by atoms with Crippen molar-refractivity contribution in [2.24, 2.45) is 16.7 Å². The van der Waals surface area contributed by atoms with Gasteiger partial charge in [0.25, 0.3) is 0 Å². The SMILES string of the molecule is CC1=C2CCC2(C)C2(O)CC(C)(CO)CC2C1=O. The Labute approximate surface area is 108 Å². The average molecular weight is 250 g/mol. The third-order valence-corrected chi connectivity index (χ3v) is 5.99. The number of fused-ring (bicyclic) bond motifs is 3. The zero-order valence-corrected chi connectivity index (χ0v) is 11.4. The van der Waals surface area contributed by atoms with Crippen molar-refractivity contribution in [2.45, 2.75) is 52.1 Å². The Hall–Kier alpha value is -0.670. The number of aliphatic hydroxyl groups is 2. The van der Waals surface area contributed by atoms with Crippen LogP contribution in [0.3, 0.4) is 0 Å². The molecular weight excluding hydrogens is 228 g/mol. The van der Waals surface area contributed by atoms with Crippen molar-refractivity contribution in [3.8, 4) is 0 Å². The van der Waals surface area contributed by atoms with E-state index in [4.69, 9.17) is 0 Å². The number of aliphatic hydroxyl groups excluding tert-OH is 1. The summed E-state index contributed by atoms with van der Waals surface area (Å²) < 4.78 is 0. The zero-order chi connectivity index (χ0) is 13.3. The number of ketones is 1. The predicted molar refractivity (Wildman–Crippen MR) is 67.9 cm³/mol. The molecule has 0 radical (unpaired) electrons. The number of allylic oxidation sites excluding steroid dienone is 1. The molecule has 4 atom stereocenters. The first-order valence-electron chi connectivity index (χ1n) is 6.85. The summed E-state index contributed by atoms with van der Waals surface area (Å²) in [6.45, 7) is 6.03. The average Bonchev–Trinajstić information content (AvgIpc) is 2.59. The molecule has 18 heavy (non-hydrogen) atoms. The van der Waals surface area contributed by atoms with Crippen LogP contribution in [0.4, 0.5) is 0 Å². The molecule has 3 aliphatic rings. The smallest absolute Gasteiger partial charge is 0.164 e. The van der Waals surface area contributed by atoms with Crippen LogP contribution in [-0.2, 0) is 4.79 Å². The summed E-state index contributed by atoms with van der Waals surface area (Å²) in [5, 5.41) is 20.7. The maximum absolute atomic E-state index is 12.4. The van der Waals surface area contributed by atoms with E-state index in [0.717, 1.165) is 24.0 Å². The Morgan fingerprint density at radius 2 is 2.06 bits per heavy atom. The minimum atomic E-state index is -0.936. The van der Waals surface area contributed by atoms with Gasteiger partial charge >= 0.3 is 0 Å². The van der Waals surface area contributed by atoms with Gasteiger partial charge in [0.15, 0.2) is 5.78 Å². The summed E-state index contributed by atoms with van der Waals surface area (Å²) in [5.41, 5.74) is 0.551. The molecule has 2 fully saturated rings. The van der Waals surface area contributed by atoms with E-state index in [9.17, 15) is 15.0 Å². The summed E-state index contributed by atoms with van der Waals surface area (Å²) in [6.07, 6.45) is 3.06. The lowest BCUT2D eigenvalue weighted by atomic mass is 9.49. The van der Waals surface area contributed by atoms with E-state index in [-0.39, 0.29) is 29.1 Å². The maximum atomic E-state index is 12.4. The van der Waals surface area contributed by atoms with Gasteiger partial charge in [0.1, 0.15) is 0 Å². The van der Waals surface area contributed by atoms with Gasteiger partial charge in [0.2, 0.25) is 0 Å². The van der Waals surface area contributed by atoms with E-state index >= 15 is 0 Å². The Morgan fingerprint density at radius 3 is 2.56 bits per heavy atom. The van der Waals surface area contributed by atoms with Crippen LogP contribution in [-0.4, -0.2) is 28.2 Å². The highest BCUT2D eigenvalue weighted by Gasteiger charge is 2.68. The van der Waals surface area contributed by atoms with Crippen molar-refractivity contribution >= 4 is 5.78 Å². The van der Waals surface area contributed by atoms with Gasteiger partial charge in [-0.25, -0.2) is 0 Å². The number of carbonyl (C=O) groups excluding carboxylic acids is 1. The Kier molecular flexibility index (Phi) is 2.24. The molecule has 0 bridgehead atoms. The van der Waals surface area contributed by atoms with Gasteiger partial charge in [-0.1, -0.05) is 19.4 Å². The molecule has 0 aromatic rings. The van der Waals surface area contributed by atoms with Crippen molar-refractivity contribution in [2.75, 3.05) is 6.61 Å². The summed E-state index contributed by atoms with van der Waals surface area (Å²) >= 11 is 0. The molecule has 0 aromatic heterocycles. The maximum Gasteiger partial charge on any atom is 0.164 e. The van der Waals surface area contributed by atoms with Crippen LogP contribution in [0.25, 0.3) is 0 Å². The summed E-state index contributed by atoms with van der Waals surface area (Å²) in [5.74, 6) is -0.203. The van der Waals surface area contributed by atoms with Crippen molar-refractivity contribution in [1.82, 2.24) is 0 Å². The lowest BCUT2D eigenvalue weighted by Gasteiger charge is -2.57. The largest absolute Gasteiger partial charge is 0.396 e. The molecule has 0 amide bonds. The van der Waals surface area contributed by atoms with Gasteiger partial charge in [-0.05, 0) is 43.6 Å². The second-order valence-electron chi connectivity index (χ2n) is 7.13. The highest BCUT2D eigenvalue weighted by molar-refractivity contribution is 6.00. The monoisotopic (exact) mass is 250 g/mol. The molecule has 0 saturated heterocycles. The molecule has 3 rings (SSSR count). The van der Waals surface area contributed by atoms with E-state index in [2.05, 4.69) is 6.92 Å². The molecular formula is C15H22O3. The van der Waals surface area contributed by atoms with Gasteiger partial charge in [-0.15, -0.1) is 0 Å². The zero-order valence-electron chi connectivity index (χ0n) is 11.4. The predicted octanol–water partition coefficient (Wildman–Crippen LogP) is 1.83. The third kappa shape index (κ3) is 1.15. The van der Waals surface area contributed by atoms with Gasteiger partial charge in [-0.2, -0.15) is 0 Å². The molecule has 2 N–H and O–H groups in total. The molecule has 3 heteroatoms. The lowest BCUT2D eigenvalue weighted by molar-refractivity contribution is -0.149. The first-order valence-corrected chi connectivity index (χ1v) is 6.85. The number of Topliss-reactive ketones (excluding diaryl/α,β-unsaturated/α-hetero) is 1. The van der Waals surface area contributed by atoms with E-state index in [0.29, 0.717) is 12.8 Å². The molecule has 0 aromatic carbocycles. The summed E-state index contributed by atoms with van der Waals surface area (Å²) in [7, 11) is 0. The highest BCUT2D eigenvalue weighted by Crippen LogP contribution is 2.67. The van der Waals surface area contributed by atoms with Crippen LogP contribution in [0, 0.1) is 16.7 Å². The summed E-state index contributed by atoms with van der Waals surface area (Å²) in [6, 6.07) is 0. The van der Waals surface area contributed by atoms with Crippen LogP contribution in [0.5, 0.6) is 0 Å². The number of hydrogen-bond donors (Lipinski definition) is 2. The summed E-state index contributed by atoms with van der Waals surface area (Å²) in [4.78, 5) is 12.4. The van der Waals surface area contributed by atoms with Gasteiger partial charge in [0, 0.05) is 12.0 Å². The topological polar surface area (TPSA) is 57.5 Å². The second-order valence-corrected chi connectivity index (χ2v) is 7.13. The Morgan fingerprint density at radius 1 is 1.39 bits per heavy atom. The van der Waals surface area contributed by atoms with Gasteiger partial charge in [-0.3, -0.25) is 4.79 Å². The van der Waals surface area contributed by atoms with Gasteiger partial charge < -0.3 is 10.2 Å². The molecule has 4 unspecified atom stereocenters. The van der Waals surface area contributed by atoms with Crippen molar-refractivity contribution in [3.63, 3.8) is 0 Å². The molecule has 3 nitrogen and oxygen atoms in total. The molecule has 0 heterocycles. The van der Waals surface area contributed by atoms with Crippen LogP contribution < -0.4 is 0 Å². The van der Waals surface area contributed by atoms with Crippen molar-refractivity contribution in [3.05, 3.63) is 11.1 Å². The van der Waals surface area contributed by atoms with Crippen molar-refractivity contribution < 1.29 is 15.0 Å². The lowest BCUT2D eigenvalue weighted by Crippen LogP contribution is -2.60. The van der Waals surface area contributed by atoms with Gasteiger partial charge in [0.05, 0.1) is 11.5 Å². The fourth-order valence-corrected chi connectivity index (χ4v) is 4.63. The van der Waals surface area contributed by atoms with Crippen LogP contribution >= 0.6 is 0 Å². The fraction of sp³-hybridized carbons (Fsp3) is 0.800. The van der Waals surface area contributed by atoms with E-state index in [1.807, 2.05) is 13.8 Å². The van der Waals surface area contributed by atoms with E-state index in [1.54, 1.807) is 0 Å².